The van der Waals surface area contributed by atoms with Crippen LogP contribution >= 0.6 is 0 Å². The monoisotopic (exact) mass is 128 g/mol. The van der Waals surface area contributed by atoms with E-state index in [2.05, 4.69) is 17.1 Å². The number of rotatable bonds is 5. The zero-order chi connectivity index (χ0) is 7.11. The van der Waals surface area contributed by atoms with Crippen molar-refractivity contribution in [2.75, 3.05) is 6.54 Å². The summed E-state index contributed by atoms with van der Waals surface area (Å²) >= 11 is 0. The third-order valence-electron chi connectivity index (χ3n) is 1.01. The molecular formula is C6H12N2O. The number of hydrogen-bond acceptors (Lipinski definition) is 3. The Hall–Kier alpha value is -0.700. The number of nitrogens with one attached hydrogen (secondary N) is 1. The van der Waals surface area contributed by atoms with Crippen molar-refractivity contribution >= 4 is 0 Å². The Morgan fingerprint density at radius 3 is 2.89 bits per heavy atom. The maximum Gasteiger partial charge on any atom is 0.142 e. The van der Waals surface area contributed by atoms with Gasteiger partial charge in [-0.05, 0) is 6.42 Å². The summed E-state index contributed by atoms with van der Waals surface area (Å²) in [6.07, 6.45) is 2.19. The Bertz CT molecular complexity index is 93.1. The molecule has 0 saturated carbocycles. The van der Waals surface area contributed by atoms with Crippen molar-refractivity contribution in [3.05, 3.63) is 17.6 Å². The molecule has 0 radical (unpaired) electrons. The van der Waals surface area contributed by atoms with E-state index in [1.807, 2.05) is 6.92 Å². The van der Waals surface area contributed by atoms with Crippen molar-refractivity contribution < 1.29 is 0 Å². The zero-order valence-electron chi connectivity index (χ0n) is 5.63. The summed E-state index contributed by atoms with van der Waals surface area (Å²) in [5, 5.41) is 5.71. The van der Waals surface area contributed by atoms with Crippen LogP contribution in [0, 0.1) is 4.91 Å². The van der Waals surface area contributed by atoms with E-state index >= 15 is 0 Å². The molecule has 0 bridgehead atoms. The van der Waals surface area contributed by atoms with E-state index in [9.17, 15) is 4.91 Å². The second-order valence-electron chi connectivity index (χ2n) is 1.73. The Kier molecular flexibility index (Phi) is 5.01. The highest BCUT2D eigenvalue weighted by Gasteiger charge is 1.99. The van der Waals surface area contributed by atoms with Crippen LogP contribution in [0.5, 0.6) is 0 Å². The Labute approximate surface area is 55.1 Å². The maximum atomic E-state index is 9.90. The molecule has 0 aliphatic rings. The van der Waals surface area contributed by atoms with E-state index in [0.29, 0.717) is 6.54 Å². The highest BCUT2D eigenvalue weighted by molar-refractivity contribution is 4.72. The van der Waals surface area contributed by atoms with Crippen molar-refractivity contribution in [3.63, 3.8) is 0 Å². The summed E-state index contributed by atoms with van der Waals surface area (Å²) < 4.78 is 0. The van der Waals surface area contributed by atoms with E-state index < -0.39 is 0 Å². The van der Waals surface area contributed by atoms with Gasteiger partial charge in [0, 0.05) is 6.54 Å². The maximum absolute atomic E-state index is 9.90. The van der Waals surface area contributed by atoms with Gasteiger partial charge in [-0.15, -0.1) is 11.5 Å². The van der Waals surface area contributed by atoms with Crippen LogP contribution < -0.4 is 5.32 Å². The molecular weight excluding hydrogens is 116 g/mol. The van der Waals surface area contributed by atoms with Crippen molar-refractivity contribution in [1.29, 1.82) is 0 Å². The van der Waals surface area contributed by atoms with Crippen molar-refractivity contribution in [1.82, 2.24) is 5.32 Å². The molecule has 1 unspecified atom stereocenters. The van der Waals surface area contributed by atoms with E-state index in [4.69, 9.17) is 0 Å². The lowest BCUT2D eigenvalue weighted by atomic mass is 10.4. The SMILES string of the molecule is C=CCNC(CC)N=O. The molecule has 3 nitrogen and oxygen atoms in total. The van der Waals surface area contributed by atoms with E-state index in [0.717, 1.165) is 6.42 Å². The van der Waals surface area contributed by atoms with Crippen LogP contribution in [0.1, 0.15) is 13.3 Å². The minimum Gasteiger partial charge on any atom is -0.289 e. The highest BCUT2D eigenvalue weighted by Crippen LogP contribution is 1.89. The van der Waals surface area contributed by atoms with Gasteiger partial charge in [-0.1, -0.05) is 18.2 Å². The van der Waals surface area contributed by atoms with Crippen LogP contribution in [-0.2, 0) is 0 Å². The van der Waals surface area contributed by atoms with Gasteiger partial charge in [0.05, 0.1) is 0 Å². The molecule has 0 aromatic rings. The predicted molar refractivity (Wildman–Crippen MR) is 38.1 cm³/mol. The van der Waals surface area contributed by atoms with Gasteiger partial charge in [-0.3, -0.25) is 5.32 Å². The molecule has 0 aromatic carbocycles. The molecule has 9 heavy (non-hydrogen) atoms. The first-order valence-electron chi connectivity index (χ1n) is 3.01. The van der Waals surface area contributed by atoms with Crippen LogP contribution in [0.25, 0.3) is 0 Å². The van der Waals surface area contributed by atoms with Crippen molar-refractivity contribution in [3.8, 4) is 0 Å². The minimum absolute atomic E-state index is 0.247. The van der Waals surface area contributed by atoms with Crippen LogP contribution in [0.15, 0.2) is 17.8 Å². The fourth-order valence-electron chi connectivity index (χ4n) is 0.476. The molecule has 3 heteroatoms. The lowest BCUT2D eigenvalue weighted by molar-refractivity contribution is 0.543. The summed E-state index contributed by atoms with van der Waals surface area (Å²) in [4.78, 5) is 9.90. The standard InChI is InChI=1S/C6H12N2O/c1-3-5-7-6(4-2)8-9/h3,6-7H,1,4-5H2,2H3. The molecule has 52 valence electrons. The Morgan fingerprint density at radius 2 is 2.56 bits per heavy atom. The number of hydrogen-bond donors (Lipinski definition) is 1. The third kappa shape index (κ3) is 3.85. The second-order valence-corrected chi connectivity index (χ2v) is 1.73. The number of nitrogens with zero attached hydrogens (tertiary/aromatic N) is 1. The first-order chi connectivity index (χ1) is 4.35. The van der Waals surface area contributed by atoms with Crippen LogP contribution in [-0.4, -0.2) is 12.7 Å². The topological polar surface area (TPSA) is 41.5 Å². The van der Waals surface area contributed by atoms with Crippen LogP contribution in [0.4, 0.5) is 0 Å². The van der Waals surface area contributed by atoms with Gasteiger partial charge in [0.1, 0.15) is 6.17 Å². The summed E-state index contributed by atoms with van der Waals surface area (Å²) in [7, 11) is 0. The Balaban J connectivity index is 3.30. The summed E-state index contributed by atoms with van der Waals surface area (Å²) in [5.41, 5.74) is 0. The van der Waals surface area contributed by atoms with E-state index in [1.165, 1.54) is 0 Å². The highest BCUT2D eigenvalue weighted by atomic mass is 16.3. The quantitative estimate of drug-likeness (QED) is 0.447. The van der Waals surface area contributed by atoms with E-state index in [-0.39, 0.29) is 6.17 Å². The lowest BCUT2D eigenvalue weighted by Crippen LogP contribution is -2.25. The first-order valence-corrected chi connectivity index (χ1v) is 3.01. The molecule has 1 atom stereocenters. The summed E-state index contributed by atoms with van der Waals surface area (Å²) in [6.45, 7) is 6.04. The second kappa shape index (κ2) is 5.44. The van der Waals surface area contributed by atoms with Gasteiger partial charge in [0.25, 0.3) is 0 Å². The summed E-state index contributed by atoms with van der Waals surface area (Å²) in [6, 6.07) is 0. The smallest absolute Gasteiger partial charge is 0.142 e. The minimum atomic E-state index is -0.247. The molecule has 0 aromatic heterocycles. The van der Waals surface area contributed by atoms with Gasteiger partial charge < -0.3 is 0 Å². The van der Waals surface area contributed by atoms with Crippen LogP contribution in [0.2, 0.25) is 0 Å². The van der Waals surface area contributed by atoms with Gasteiger partial charge in [0.2, 0.25) is 0 Å². The molecule has 0 rings (SSSR count). The molecule has 0 saturated heterocycles. The number of nitroso groups, excluding NO2 is 1. The molecule has 0 aliphatic heterocycles. The van der Waals surface area contributed by atoms with Crippen molar-refractivity contribution in [2.45, 2.75) is 19.5 Å². The average molecular weight is 128 g/mol. The molecule has 0 amide bonds. The van der Waals surface area contributed by atoms with Gasteiger partial charge in [-0.25, -0.2) is 0 Å². The molecule has 1 N–H and O–H groups in total. The van der Waals surface area contributed by atoms with E-state index in [1.54, 1.807) is 6.08 Å². The third-order valence-corrected chi connectivity index (χ3v) is 1.01. The molecule has 0 heterocycles. The normalized spacial score (nSPS) is 12.6. The molecule has 0 aliphatic carbocycles. The van der Waals surface area contributed by atoms with Crippen molar-refractivity contribution in [2.24, 2.45) is 5.18 Å². The summed E-state index contributed by atoms with van der Waals surface area (Å²) in [5.74, 6) is 0. The molecule has 0 fully saturated rings. The lowest BCUT2D eigenvalue weighted by Gasteiger charge is -2.04. The Morgan fingerprint density at radius 1 is 1.89 bits per heavy atom. The molecule has 0 spiro atoms. The zero-order valence-corrected chi connectivity index (χ0v) is 5.63. The first kappa shape index (κ1) is 8.30. The fourth-order valence-corrected chi connectivity index (χ4v) is 0.476. The van der Waals surface area contributed by atoms with Gasteiger partial charge >= 0.3 is 0 Å². The van der Waals surface area contributed by atoms with Crippen LogP contribution in [0.3, 0.4) is 0 Å². The largest absolute Gasteiger partial charge is 0.289 e. The fraction of sp³-hybridized carbons (Fsp3) is 0.667. The van der Waals surface area contributed by atoms with Gasteiger partial charge in [-0.2, -0.15) is 0 Å². The predicted octanol–water partition coefficient (Wildman–Crippen LogP) is 1.26. The van der Waals surface area contributed by atoms with Gasteiger partial charge in [0.15, 0.2) is 0 Å². The average Bonchev–Trinajstić information content (AvgIpc) is 1.91.